The van der Waals surface area contributed by atoms with Gasteiger partial charge in [0, 0.05) is 0 Å². The number of hydrogen-bond donors (Lipinski definition) is 2. The fourth-order valence-electron chi connectivity index (χ4n) is 1.04. The maximum atomic E-state index is 9.43. The molecule has 0 atom stereocenters. The molecule has 0 spiro atoms. The lowest BCUT2D eigenvalue weighted by molar-refractivity contribution is 0.0777. The van der Waals surface area contributed by atoms with Gasteiger partial charge in [0.15, 0.2) is 0 Å². The van der Waals surface area contributed by atoms with Gasteiger partial charge in [-0.2, -0.15) is 11.8 Å². The summed E-state index contributed by atoms with van der Waals surface area (Å²) in [6.45, 7) is 6.13. The van der Waals surface area contributed by atoms with Crippen LogP contribution >= 0.6 is 11.8 Å². The summed E-state index contributed by atoms with van der Waals surface area (Å²) in [4.78, 5) is 0. The van der Waals surface area contributed by atoms with Crippen LogP contribution in [0.2, 0.25) is 0 Å². The van der Waals surface area contributed by atoms with E-state index in [4.69, 9.17) is 0 Å². The number of hydrogen-bond acceptors (Lipinski definition) is 3. The minimum absolute atomic E-state index is 0.481. The summed E-state index contributed by atoms with van der Waals surface area (Å²) in [5.74, 6) is 3.22. The highest BCUT2D eigenvalue weighted by atomic mass is 32.2. The molecule has 0 aromatic rings. The monoisotopic (exact) mass is 189 g/mol. The van der Waals surface area contributed by atoms with Crippen molar-refractivity contribution in [1.82, 2.24) is 5.32 Å². The molecule has 1 fully saturated rings. The van der Waals surface area contributed by atoms with Gasteiger partial charge in [0.1, 0.15) is 0 Å². The normalized spacial score (nSPS) is 19.2. The van der Waals surface area contributed by atoms with E-state index in [-0.39, 0.29) is 0 Å². The zero-order valence-corrected chi connectivity index (χ0v) is 8.78. The highest BCUT2D eigenvalue weighted by Gasteiger charge is 2.17. The first kappa shape index (κ1) is 10.4. The van der Waals surface area contributed by atoms with Gasteiger partial charge in [-0.1, -0.05) is 0 Å². The highest BCUT2D eigenvalue weighted by molar-refractivity contribution is 7.99. The lowest BCUT2D eigenvalue weighted by Gasteiger charge is -2.27. The van der Waals surface area contributed by atoms with Crippen molar-refractivity contribution in [3.63, 3.8) is 0 Å². The Morgan fingerprint density at radius 3 is 2.58 bits per heavy atom. The standard InChI is InChI=1S/C9H19NOS/c1-9(2,11)3-4-12-7-8-5-10-6-8/h8,10-11H,3-7H2,1-2H3. The molecule has 3 heteroatoms. The van der Waals surface area contributed by atoms with E-state index >= 15 is 0 Å². The van der Waals surface area contributed by atoms with Crippen molar-refractivity contribution < 1.29 is 5.11 Å². The largest absolute Gasteiger partial charge is 0.390 e. The lowest BCUT2D eigenvalue weighted by Crippen LogP contribution is -2.43. The van der Waals surface area contributed by atoms with Crippen LogP contribution in [0.1, 0.15) is 20.3 Å². The van der Waals surface area contributed by atoms with Crippen LogP contribution in [0, 0.1) is 5.92 Å². The fourth-order valence-corrected chi connectivity index (χ4v) is 2.42. The Morgan fingerprint density at radius 2 is 2.17 bits per heavy atom. The molecule has 1 aliphatic rings. The maximum absolute atomic E-state index is 9.43. The number of thioether (sulfide) groups is 1. The van der Waals surface area contributed by atoms with E-state index < -0.39 is 5.60 Å². The second-order valence-electron chi connectivity index (χ2n) is 4.16. The van der Waals surface area contributed by atoms with E-state index in [1.54, 1.807) is 0 Å². The van der Waals surface area contributed by atoms with Crippen LogP contribution < -0.4 is 5.32 Å². The Morgan fingerprint density at radius 1 is 1.50 bits per heavy atom. The molecule has 0 aromatic carbocycles. The van der Waals surface area contributed by atoms with Crippen molar-refractivity contribution in [2.45, 2.75) is 25.9 Å². The molecule has 0 unspecified atom stereocenters. The van der Waals surface area contributed by atoms with Gasteiger partial charge in [-0.3, -0.25) is 0 Å². The molecule has 0 radical (unpaired) electrons. The zero-order chi connectivity index (χ0) is 9.03. The molecule has 12 heavy (non-hydrogen) atoms. The Kier molecular flexibility index (Phi) is 3.87. The van der Waals surface area contributed by atoms with E-state index in [2.05, 4.69) is 5.32 Å². The lowest BCUT2D eigenvalue weighted by atomic mass is 10.1. The van der Waals surface area contributed by atoms with Crippen molar-refractivity contribution in [3.8, 4) is 0 Å². The van der Waals surface area contributed by atoms with Crippen LogP contribution in [-0.2, 0) is 0 Å². The molecule has 1 heterocycles. The van der Waals surface area contributed by atoms with Crippen LogP contribution in [0.4, 0.5) is 0 Å². The van der Waals surface area contributed by atoms with Gasteiger partial charge in [-0.25, -0.2) is 0 Å². The summed E-state index contributed by atoms with van der Waals surface area (Å²) in [5.41, 5.74) is -0.481. The van der Waals surface area contributed by atoms with Crippen LogP contribution in [-0.4, -0.2) is 35.3 Å². The topological polar surface area (TPSA) is 32.3 Å². The molecule has 2 nitrogen and oxygen atoms in total. The van der Waals surface area contributed by atoms with E-state index in [9.17, 15) is 5.11 Å². The first-order valence-corrected chi connectivity index (χ1v) is 5.74. The summed E-state index contributed by atoms with van der Waals surface area (Å²) in [7, 11) is 0. The average Bonchev–Trinajstić information content (AvgIpc) is 1.80. The average molecular weight is 189 g/mol. The highest BCUT2D eigenvalue weighted by Crippen LogP contribution is 2.17. The third-order valence-corrected chi connectivity index (χ3v) is 3.28. The van der Waals surface area contributed by atoms with Crippen molar-refractivity contribution in [2.75, 3.05) is 24.6 Å². The van der Waals surface area contributed by atoms with Crippen LogP contribution in [0.15, 0.2) is 0 Å². The van der Waals surface area contributed by atoms with Gasteiger partial charge in [-0.05, 0) is 50.8 Å². The van der Waals surface area contributed by atoms with Gasteiger partial charge in [-0.15, -0.1) is 0 Å². The molecular weight excluding hydrogens is 170 g/mol. The molecule has 1 saturated heterocycles. The van der Waals surface area contributed by atoms with Crippen molar-refractivity contribution in [2.24, 2.45) is 5.92 Å². The second-order valence-corrected chi connectivity index (χ2v) is 5.31. The van der Waals surface area contributed by atoms with Crippen molar-refractivity contribution >= 4 is 11.8 Å². The minimum atomic E-state index is -0.481. The maximum Gasteiger partial charge on any atom is 0.0599 e. The number of nitrogens with one attached hydrogen (secondary N) is 1. The summed E-state index contributed by atoms with van der Waals surface area (Å²) < 4.78 is 0. The first-order valence-electron chi connectivity index (χ1n) is 4.59. The van der Waals surface area contributed by atoms with Crippen LogP contribution in [0.25, 0.3) is 0 Å². The summed E-state index contributed by atoms with van der Waals surface area (Å²) in [5, 5.41) is 12.7. The Balaban J connectivity index is 1.88. The van der Waals surface area contributed by atoms with Crippen LogP contribution in [0.3, 0.4) is 0 Å². The molecule has 1 aliphatic heterocycles. The summed E-state index contributed by atoms with van der Waals surface area (Å²) in [6, 6.07) is 0. The molecule has 0 saturated carbocycles. The van der Waals surface area contributed by atoms with Gasteiger partial charge < -0.3 is 10.4 Å². The minimum Gasteiger partial charge on any atom is -0.390 e. The third kappa shape index (κ3) is 4.33. The van der Waals surface area contributed by atoms with E-state index in [0.717, 1.165) is 18.1 Å². The smallest absolute Gasteiger partial charge is 0.0599 e. The summed E-state index contributed by atoms with van der Waals surface area (Å²) >= 11 is 1.96. The second kappa shape index (κ2) is 4.49. The van der Waals surface area contributed by atoms with E-state index in [0.29, 0.717) is 0 Å². The Labute approximate surface area is 79.1 Å². The molecule has 2 N–H and O–H groups in total. The van der Waals surface area contributed by atoms with E-state index in [1.807, 2.05) is 25.6 Å². The zero-order valence-electron chi connectivity index (χ0n) is 7.97. The van der Waals surface area contributed by atoms with Crippen molar-refractivity contribution in [3.05, 3.63) is 0 Å². The van der Waals surface area contributed by atoms with Crippen molar-refractivity contribution in [1.29, 1.82) is 0 Å². The van der Waals surface area contributed by atoms with Gasteiger partial charge in [0.2, 0.25) is 0 Å². The SMILES string of the molecule is CC(C)(O)CCSCC1CNC1. The molecule has 72 valence electrons. The van der Waals surface area contributed by atoms with E-state index in [1.165, 1.54) is 18.8 Å². The van der Waals surface area contributed by atoms with Gasteiger partial charge >= 0.3 is 0 Å². The predicted molar refractivity (Wildman–Crippen MR) is 54.6 cm³/mol. The molecule has 0 bridgehead atoms. The predicted octanol–water partition coefficient (Wildman–Crippen LogP) is 1.10. The Hall–Kier alpha value is 0.270. The molecule has 1 rings (SSSR count). The molecule has 0 amide bonds. The fraction of sp³-hybridized carbons (Fsp3) is 1.00. The summed E-state index contributed by atoms with van der Waals surface area (Å²) in [6.07, 6.45) is 0.901. The first-order chi connectivity index (χ1) is 5.58. The molecular formula is C9H19NOS. The quantitative estimate of drug-likeness (QED) is 0.635. The van der Waals surface area contributed by atoms with Crippen LogP contribution in [0.5, 0.6) is 0 Å². The number of aliphatic hydroxyl groups is 1. The molecule has 0 aromatic heterocycles. The third-order valence-electron chi connectivity index (χ3n) is 2.08. The van der Waals surface area contributed by atoms with Gasteiger partial charge in [0.05, 0.1) is 5.60 Å². The molecule has 0 aliphatic carbocycles. The van der Waals surface area contributed by atoms with Gasteiger partial charge in [0.25, 0.3) is 0 Å². The Bertz CT molecular complexity index is 129. The number of rotatable bonds is 5.